The molecule has 22 heavy (non-hydrogen) atoms. The van der Waals surface area contributed by atoms with E-state index in [2.05, 4.69) is 5.32 Å². The van der Waals surface area contributed by atoms with Gasteiger partial charge in [0, 0.05) is 13.1 Å². The number of amides is 1. The van der Waals surface area contributed by atoms with Crippen LogP contribution in [0.3, 0.4) is 0 Å². The third kappa shape index (κ3) is 4.40. The molecule has 1 N–H and O–H groups in total. The smallest absolute Gasteiger partial charge is 0.256 e. The van der Waals surface area contributed by atoms with E-state index in [4.69, 9.17) is 44.3 Å². The van der Waals surface area contributed by atoms with Crippen LogP contribution in [0.5, 0.6) is 5.75 Å². The summed E-state index contributed by atoms with van der Waals surface area (Å²) in [6.07, 6.45) is -0.751. The lowest BCUT2D eigenvalue weighted by Gasteiger charge is -2.38. The molecule has 1 aromatic carbocycles. The Morgan fingerprint density at radius 2 is 1.95 bits per heavy atom. The van der Waals surface area contributed by atoms with E-state index in [9.17, 15) is 4.79 Å². The van der Waals surface area contributed by atoms with Crippen molar-refractivity contribution in [2.45, 2.75) is 9.96 Å². The molecule has 1 fully saturated rings. The number of rotatable bonds is 4. The van der Waals surface area contributed by atoms with Crippen LogP contribution in [0.25, 0.3) is 0 Å². The van der Waals surface area contributed by atoms with Crippen molar-refractivity contribution >= 4 is 40.7 Å². The van der Waals surface area contributed by atoms with Crippen molar-refractivity contribution in [2.24, 2.45) is 0 Å². The maximum Gasteiger partial charge on any atom is 0.256 e. The molecule has 0 aromatic heterocycles. The fraction of sp³-hybridized carbons (Fsp3) is 0.500. The van der Waals surface area contributed by atoms with Gasteiger partial charge in [-0.1, -0.05) is 46.9 Å². The molecule has 1 amide bonds. The number of nitrogens with zero attached hydrogens (tertiary/aromatic N) is 1. The molecule has 0 radical (unpaired) electrons. The Balaban J connectivity index is 2.17. The minimum absolute atomic E-state index is 0.361. The summed E-state index contributed by atoms with van der Waals surface area (Å²) >= 11 is 18.1. The highest BCUT2D eigenvalue weighted by Crippen LogP contribution is 2.33. The number of alkyl halides is 3. The molecule has 1 saturated heterocycles. The predicted octanol–water partition coefficient (Wildman–Crippen LogP) is 2.45. The summed E-state index contributed by atoms with van der Waals surface area (Å²) in [5, 5.41) is 2.77. The molecular formula is C14H17Cl3N2O3. The molecule has 1 aromatic rings. The van der Waals surface area contributed by atoms with Gasteiger partial charge in [-0.15, -0.1) is 0 Å². The van der Waals surface area contributed by atoms with Gasteiger partial charge in [0.1, 0.15) is 11.9 Å². The molecule has 0 bridgehead atoms. The first-order valence-electron chi connectivity index (χ1n) is 6.76. The number of para-hydroxylation sites is 1. The van der Waals surface area contributed by atoms with Crippen LogP contribution < -0.4 is 10.1 Å². The lowest BCUT2D eigenvalue weighted by atomic mass is 10.2. The molecule has 122 valence electrons. The van der Waals surface area contributed by atoms with Gasteiger partial charge < -0.3 is 14.8 Å². The Bertz CT molecular complexity index is 516. The first-order chi connectivity index (χ1) is 10.4. The summed E-state index contributed by atoms with van der Waals surface area (Å²) in [7, 11) is 1.50. The van der Waals surface area contributed by atoms with E-state index in [0.717, 1.165) is 0 Å². The average molecular weight is 368 g/mol. The van der Waals surface area contributed by atoms with Crippen molar-refractivity contribution in [1.29, 1.82) is 0 Å². The average Bonchev–Trinajstić information content (AvgIpc) is 2.52. The molecule has 1 aliphatic rings. The number of morpholine rings is 1. The van der Waals surface area contributed by atoms with Gasteiger partial charge >= 0.3 is 0 Å². The number of hydrogen-bond donors (Lipinski definition) is 1. The second kappa shape index (κ2) is 7.70. The second-order valence-electron chi connectivity index (χ2n) is 4.77. The minimum Gasteiger partial charge on any atom is -0.496 e. The number of carbonyl (C=O) groups is 1. The van der Waals surface area contributed by atoms with Crippen molar-refractivity contribution in [1.82, 2.24) is 10.2 Å². The van der Waals surface area contributed by atoms with Crippen molar-refractivity contribution in [3.63, 3.8) is 0 Å². The Kier molecular flexibility index (Phi) is 6.17. The molecule has 1 atom stereocenters. The zero-order valence-corrected chi connectivity index (χ0v) is 14.3. The fourth-order valence-corrected chi connectivity index (χ4v) is 2.83. The lowest BCUT2D eigenvalue weighted by Crippen LogP contribution is -2.58. The Hall–Kier alpha value is -0.720. The number of carbonyl (C=O) groups excluding carboxylic acids is 1. The first-order valence-corrected chi connectivity index (χ1v) is 7.89. The van der Waals surface area contributed by atoms with E-state index in [-0.39, 0.29) is 5.91 Å². The zero-order valence-electron chi connectivity index (χ0n) is 12.0. The normalized spacial score (nSPS) is 17.8. The standard InChI is InChI=1S/C14H17Cl3N2O3/c1-21-11-5-3-2-4-10(11)12(20)18-13(14(15,16)17)19-6-8-22-9-7-19/h2-5,13H,6-9H2,1H3,(H,18,20)/t13-/m1/s1. The summed E-state index contributed by atoms with van der Waals surface area (Å²) < 4.78 is 8.81. The molecule has 8 heteroatoms. The molecule has 2 rings (SSSR count). The SMILES string of the molecule is COc1ccccc1C(=O)N[C@H](N1CCOCC1)C(Cl)(Cl)Cl. The third-order valence-corrected chi connectivity index (χ3v) is 3.96. The van der Waals surface area contributed by atoms with Crippen LogP contribution in [0, 0.1) is 0 Å². The predicted molar refractivity (Wildman–Crippen MR) is 86.9 cm³/mol. The van der Waals surface area contributed by atoms with Crippen molar-refractivity contribution in [3.05, 3.63) is 29.8 Å². The van der Waals surface area contributed by atoms with Crippen LogP contribution in [0.2, 0.25) is 0 Å². The summed E-state index contributed by atoms with van der Waals surface area (Å²) in [5.41, 5.74) is 0.387. The van der Waals surface area contributed by atoms with Crippen molar-refractivity contribution in [2.75, 3.05) is 33.4 Å². The molecule has 1 aliphatic heterocycles. The molecule has 5 nitrogen and oxygen atoms in total. The van der Waals surface area contributed by atoms with Gasteiger partial charge in [-0.2, -0.15) is 0 Å². The summed E-state index contributed by atoms with van der Waals surface area (Å²) in [5.74, 6) is 0.102. The summed E-state index contributed by atoms with van der Waals surface area (Å²) in [6, 6.07) is 6.89. The van der Waals surface area contributed by atoms with E-state index in [0.29, 0.717) is 37.6 Å². The van der Waals surface area contributed by atoms with E-state index < -0.39 is 9.96 Å². The summed E-state index contributed by atoms with van der Waals surface area (Å²) in [4.78, 5) is 14.4. The number of methoxy groups -OCH3 is 1. The molecule has 0 aliphatic carbocycles. The Morgan fingerprint density at radius 3 is 2.55 bits per heavy atom. The number of ether oxygens (including phenoxy) is 2. The minimum atomic E-state index is -1.66. The van der Waals surface area contributed by atoms with Gasteiger partial charge in [0.15, 0.2) is 0 Å². The van der Waals surface area contributed by atoms with Gasteiger partial charge in [0.05, 0.1) is 25.9 Å². The second-order valence-corrected chi connectivity index (χ2v) is 7.14. The summed E-state index contributed by atoms with van der Waals surface area (Å²) in [6.45, 7) is 2.21. The van der Waals surface area contributed by atoms with E-state index in [1.165, 1.54) is 7.11 Å². The number of nitrogens with one attached hydrogen (secondary N) is 1. The van der Waals surface area contributed by atoms with Crippen molar-refractivity contribution in [3.8, 4) is 5.75 Å². The van der Waals surface area contributed by atoms with Gasteiger partial charge in [0.2, 0.25) is 3.79 Å². The quantitative estimate of drug-likeness (QED) is 0.831. The van der Waals surface area contributed by atoms with E-state index in [1.54, 1.807) is 24.3 Å². The molecule has 0 unspecified atom stereocenters. The van der Waals surface area contributed by atoms with Gasteiger partial charge in [-0.25, -0.2) is 0 Å². The third-order valence-electron chi connectivity index (χ3n) is 3.34. The van der Waals surface area contributed by atoms with E-state index in [1.807, 2.05) is 4.90 Å². The Morgan fingerprint density at radius 1 is 1.32 bits per heavy atom. The fourth-order valence-electron chi connectivity index (χ4n) is 2.25. The highest BCUT2D eigenvalue weighted by molar-refractivity contribution is 6.68. The molecule has 1 heterocycles. The van der Waals surface area contributed by atoms with Crippen LogP contribution >= 0.6 is 34.8 Å². The highest BCUT2D eigenvalue weighted by Gasteiger charge is 2.39. The number of halogens is 3. The first kappa shape index (κ1) is 17.6. The van der Waals surface area contributed by atoms with Crippen LogP contribution in [-0.4, -0.2) is 54.2 Å². The maximum atomic E-state index is 12.5. The van der Waals surface area contributed by atoms with Gasteiger partial charge in [-0.05, 0) is 12.1 Å². The van der Waals surface area contributed by atoms with Crippen molar-refractivity contribution < 1.29 is 14.3 Å². The highest BCUT2D eigenvalue weighted by atomic mass is 35.6. The van der Waals surface area contributed by atoms with E-state index >= 15 is 0 Å². The van der Waals surface area contributed by atoms with Crippen LogP contribution in [0.1, 0.15) is 10.4 Å². The lowest BCUT2D eigenvalue weighted by molar-refractivity contribution is 0.00993. The largest absolute Gasteiger partial charge is 0.496 e. The van der Waals surface area contributed by atoms with Gasteiger partial charge in [-0.3, -0.25) is 9.69 Å². The molecular weight excluding hydrogens is 351 g/mol. The van der Waals surface area contributed by atoms with Crippen LogP contribution in [-0.2, 0) is 4.74 Å². The number of benzene rings is 1. The van der Waals surface area contributed by atoms with Crippen LogP contribution in [0.4, 0.5) is 0 Å². The monoisotopic (exact) mass is 366 g/mol. The Labute approximate surface area is 144 Å². The maximum absolute atomic E-state index is 12.5. The molecule has 0 spiro atoms. The topological polar surface area (TPSA) is 50.8 Å². The van der Waals surface area contributed by atoms with Gasteiger partial charge in [0.25, 0.3) is 5.91 Å². The zero-order chi connectivity index (χ0) is 16.2. The molecule has 0 saturated carbocycles. The van der Waals surface area contributed by atoms with Crippen LogP contribution in [0.15, 0.2) is 24.3 Å². The number of hydrogen-bond acceptors (Lipinski definition) is 4.